The minimum atomic E-state index is 0.110. The summed E-state index contributed by atoms with van der Waals surface area (Å²) < 4.78 is 0. The third kappa shape index (κ3) is 3.58. The summed E-state index contributed by atoms with van der Waals surface area (Å²) in [6.45, 7) is 2.66. The second-order valence-corrected chi connectivity index (χ2v) is 5.26. The maximum Gasteiger partial charge on any atom is 0.229 e. The van der Waals surface area contributed by atoms with E-state index in [1.54, 1.807) is 4.90 Å². The van der Waals surface area contributed by atoms with Crippen LogP contribution in [0.15, 0.2) is 30.3 Å². The third-order valence-corrected chi connectivity index (χ3v) is 3.95. The number of hydrogen-bond donors (Lipinski definition) is 0. The van der Waals surface area contributed by atoms with Gasteiger partial charge in [0.05, 0.1) is 6.07 Å². The molecule has 20 heavy (non-hydrogen) atoms. The molecule has 0 N–H and O–H groups in total. The number of benzene rings is 1. The first-order valence-corrected chi connectivity index (χ1v) is 7.14. The molecule has 1 saturated heterocycles. The Morgan fingerprint density at radius 1 is 1.35 bits per heavy atom. The fraction of sp³-hybridized carbons (Fsp3) is 0.500. The van der Waals surface area contributed by atoms with Crippen molar-refractivity contribution < 1.29 is 4.79 Å². The minimum absolute atomic E-state index is 0.110. The molecule has 0 aromatic heterocycles. The largest absolute Gasteiger partial charge is 0.315 e. The van der Waals surface area contributed by atoms with Crippen molar-refractivity contribution >= 4 is 11.6 Å². The van der Waals surface area contributed by atoms with Crippen LogP contribution in [0.2, 0.25) is 0 Å². The molecule has 0 aliphatic carbocycles. The molecule has 106 valence electrons. The van der Waals surface area contributed by atoms with E-state index in [4.69, 9.17) is 5.26 Å². The number of anilines is 1. The average molecular weight is 271 g/mol. The molecule has 1 aliphatic rings. The van der Waals surface area contributed by atoms with Crippen LogP contribution in [0.4, 0.5) is 5.69 Å². The van der Waals surface area contributed by atoms with E-state index in [1.165, 1.54) is 0 Å². The lowest BCUT2D eigenvalue weighted by Gasteiger charge is -2.32. The first-order valence-electron chi connectivity index (χ1n) is 7.14. The van der Waals surface area contributed by atoms with Gasteiger partial charge in [0, 0.05) is 31.6 Å². The second-order valence-electron chi connectivity index (χ2n) is 5.26. The van der Waals surface area contributed by atoms with Gasteiger partial charge in [0.2, 0.25) is 5.91 Å². The monoisotopic (exact) mass is 271 g/mol. The molecule has 1 fully saturated rings. The van der Waals surface area contributed by atoms with Gasteiger partial charge in [0.1, 0.15) is 0 Å². The van der Waals surface area contributed by atoms with Crippen molar-refractivity contribution in [1.29, 1.82) is 5.26 Å². The molecule has 0 spiro atoms. The van der Waals surface area contributed by atoms with Crippen molar-refractivity contribution in [2.45, 2.75) is 19.3 Å². The van der Waals surface area contributed by atoms with Crippen LogP contribution in [0.5, 0.6) is 0 Å². The molecule has 1 aromatic rings. The second kappa shape index (κ2) is 7.06. The van der Waals surface area contributed by atoms with Crippen LogP contribution in [-0.4, -0.2) is 37.5 Å². The maximum atomic E-state index is 12.5. The number of piperidine rings is 1. The van der Waals surface area contributed by atoms with Crippen LogP contribution in [0.3, 0.4) is 0 Å². The molecule has 4 nitrogen and oxygen atoms in total. The molecular formula is C16H21N3O. The van der Waals surface area contributed by atoms with Gasteiger partial charge >= 0.3 is 0 Å². The molecule has 1 aromatic carbocycles. The topological polar surface area (TPSA) is 47.3 Å². The Labute approximate surface area is 120 Å². The highest BCUT2D eigenvalue weighted by Gasteiger charge is 2.27. The number of amides is 1. The number of nitrogens with zero attached hydrogens (tertiary/aromatic N) is 3. The van der Waals surface area contributed by atoms with Crippen LogP contribution in [0, 0.1) is 17.2 Å². The fourth-order valence-corrected chi connectivity index (χ4v) is 2.66. The molecule has 4 heteroatoms. The maximum absolute atomic E-state index is 12.5. The lowest BCUT2D eigenvalue weighted by Crippen LogP contribution is -2.41. The van der Waals surface area contributed by atoms with Gasteiger partial charge in [-0.3, -0.25) is 4.79 Å². The third-order valence-electron chi connectivity index (χ3n) is 3.95. The molecule has 1 heterocycles. The number of carbonyl (C=O) groups is 1. The molecule has 1 amide bonds. The van der Waals surface area contributed by atoms with E-state index in [-0.39, 0.29) is 11.8 Å². The van der Waals surface area contributed by atoms with Crippen LogP contribution < -0.4 is 4.90 Å². The Morgan fingerprint density at radius 2 is 2.00 bits per heavy atom. The quantitative estimate of drug-likeness (QED) is 0.844. The lowest BCUT2D eigenvalue weighted by atomic mass is 9.95. The van der Waals surface area contributed by atoms with Crippen LogP contribution in [0.25, 0.3) is 0 Å². The van der Waals surface area contributed by atoms with Gasteiger partial charge in [-0.2, -0.15) is 5.26 Å². The van der Waals surface area contributed by atoms with Crippen LogP contribution in [-0.2, 0) is 4.79 Å². The summed E-state index contributed by atoms with van der Waals surface area (Å²) >= 11 is 0. The summed E-state index contributed by atoms with van der Waals surface area (Å²) in [5.74, 6) is 0.315. The number of rotatable bonds is 4. The highest BCUT2D eigenvalue weighted by Crippen LogP contribution is 2.22. The SMILES string of the molecule is CN(C(=O)C1CCN(CCC#N)CC1)c1ccccc1. The van der Waals surface area contributed by atoms with E-state index in [2.05, 4.69) is 11.0 Å². The van der Waals surface area contributed by atoms with E-state index < -0.39 is 0 Å². The van der Waals surface area contributed by atoms with Crippen molar-refractivity contribution in [3.8, 4) is 6.07 Å². The number of hydrogen-bond acceptors (Lipinski definition) is 3. The lowest BCUT2D eigenvalue weighted by molar-refractivity contribution is -0.123. The molecule has 0 unspecified atom stereocenters. The number of nitriles is 1. The number of carbonyl (C=O) groups excluding carboxylic acids is 1. The minimum Gasteiger partial charge on any atom is -0.315 e. The molecule has 0 saturated carbocycles. The van der Waals surface area contributed by atoms with Gasteiger partial charge in [0.25, 0.3) is 0 Å². The van der Waals surface area contributed by atoms with Gasteiger partial charge in [-0.25, -0.2) is 0 Å². The summed E-state index contributed by atoms with van der Waals surface area (Å²) in [4.78, 5) is 16.5. The standard InChI is InChI=1S/C16H21N3O/c1-18(15-6-3-2-4-7-15)16(20)14-8-12-19(13-9-14)11-5-10-17/h2-4,6-7,14H,5,8-9,11-13H2,1H3. The Bertz CT molecular complexity index is 472. The zero-order valence-electron chi connectivity index (χ0n) is 12.0. The van der Waals surface area contributed by atoms with Gasteiger partial charge in [-0.05, 0) is 38.1 Å². The Hall–Kier alpha value is -1.86. The van der Waals surface area contributed by atoms with E-state index in [1.807, 2.05) is 37.4 Å². The van der Waals surface area contributed by atoms with Gasteiger partial charge in [-0.15, -0.1) is 0 Å². The van der Waals surface area contributed by atoms with Crippen LogP contribution >= 0.6 is 0 Å². The average Bonchev–Trinajstić information content (AvgIpc) is 2.53. The number of likely N-dealkylation sites (tertiary alicyclic amines) is 1. The molecule has 2 rings (SSSR count). The molecular weight excluding hydrogens is 250 g/mol. The highest BCUT2D eigenvalue weighted by molar-refractivity contribution is 5.94. The van der Waals surface area contributed by atoms with Crippen molar-refractivity contribution in [3.63, 3.8) is 0 Å². The smallest absolute Gasteiger partial charge is 0.229 e. The molecule has 0 bridgehead atoms. The van der Waals surface area contributed by atoms with Gasteiger partial charge in [0.15, 0.2) is 0 Å². The van der Waals surface area contributed by atoms with E-state index in [9.17, 15) is 4.79 Å². The van der Waals surface area contributed by atoms with Crippen molar-refractivity contribution in [1.82, 2.24) is 4.90 Å². The first kappa shape index (κ1) is 14.5. The normalized spacial score (nSPS) is 16.6. The number of para-hydroxylation sites is 1. The molecule has 0 radical (unpaired) electrons. The summed E-state index contributed by atoms with van der Waals surface area (Å²) in [6.07, 6.45) is 2.35. The van der Waals surface area contributed by atoms with Crippen molar-refractivity contribution in [2.75, 3.05) is 31.6 Å². The van der Waals surface area contributed by atoms with Crippen molar-refractivity contribution in [3.05, 3.63) is 30.3 Å². The molecule has 1 aliphatic heterocycles. The highest BCUT2D eigenvalue weighted by atomic mass is 16.2. The van der Waals surface area contributed by atoms with Crippen LogP contribution in [0.1, 0.15) is 19.3 Å². The summed E-state index contributed by atoms with van der Waals surface area (Å²) in [7, 11) is 1.85. The zero-order chi connectivity index (χ0) is 14.4. The predicted molar refractivity (Wildman–Crippen MR) is 79.2 cm³/mol. The van der Waals surface area contributed by atoms with E-state index in [0.717, 1.165) is 38.2 Å². The first-order chi connectivity index (χ1) is 9.72. The summed E-state index contributed by atoms with van der Waals surface area (Å²) in [5.41, 5.74) is 0.949. The van der Waals surface area contributed by atoms with E-state index in [0.29, 0.717) is 6.42 Å². The Kier molecular flexibility index (Phi) is 5.14. The van der Waals surface area contributed by atoms with Gasteiger partial charge in [-0.1, -0.05) is 18.2 Å². The van der Waals surface area contributed by atoms with Crippen molar-refractivity contribution in [2.24, 2.45) is 5.92 Å². The summed E-state index contributed by atoms with van der Waals surface area (Å²) in [6, 6.07) is 11.9. The fourth-order valence-electron chi connectivity index (χ4n) is 2.66. The predicted octanol–water partition coefficient (Wildman–Crippen LogP) is 2.28. The molecule has 0 atom stereocenters. The Balaban J connectivity index is 1.87. The van der Waals surface area contributed by atoms with Gasteiger partial charge < -0.3 is 9.80 Å². The van der Waals surface area contributed by atoms with E-state index >= 15 is 0 Å². The summed E-state index contributed by atoms with van der Waals surface area (Å²) in [5, 5.41) is 8.60. The Morgan fingerprint density at radius 3 is 2.60 bits per heavy atom. The zero-order valence-corrected chi connectivity index (χ0v) is 12.0.